The fraction of sp³-hybridized carbons (Fsp3) is 0. The van der Waals surface area contributed by atoms with Crippen molar-refractivity contribution in [2.45, 2.75) is 0 Å². The molecule has 0 saturated heterocycles. The summed E-state index contributed by atoms with van der Waals surface area (Å²) in [5, 5.41) is 39.0. The molecule has 0 fully saturated rings. The highest BCUT2D eigenvalue weighted by Gasteiger charge is 2.40. The summed E-state index contributed by atoms with van der Waals surface area (Å²) in [6.45, 7) is 0. The number of pyridine rings is 1. The molecule has 0 aliphatic heterocycles. The van der Waals surface area contributed by atoms with Crippen molar-refractivity contribution < 1.29 is 8.78 Å². The lowest BCUT2D eigenvalue weighted by Crippen LogP contribution is -1.97. The van der Waals surface area contributed by atoms with Crippen LogP contribution in [0.25, 0.3) is 28.0 Å². The number of rotatable bonds is 0. The Morgan fingerprint density at radius 1 is 0.647 bits per heavy atom. The molecule has 7 heteroatoms. The van der Waals surface area contributed by atoms with Crippen molar-refractivity contribution >= 4 is 16.7 Å². The predicted molar refractivity (Wildman–Crippen MR) is 118 cm³/mol. The summed E-state index contributed by atoms with van der Waals surface area (Å²) in [4.78, 5) is 4.46. The van der Waals surface area contributed by atoms with Crippen molar-refractivity contribution in [1.29, 1.82) is 21.0 Å². The average molecular weight is 441 g/mol. The second kappa shape index (κ2) is 7.64. The SMILES string of the molecule is N#CC(C#N)=C1/C(=C2\c3ccccc3-c3ncccc32)C(=C(C#N)C#N)c2c1ccc(F)c2F. The first-order valence-electron chi connectivity index (χ1n) is 9.95. The molecule has 0 atom stereocenters. The third-order valence-electron chi connectivity index (χ3n) is 5.84. The molecule has 2 aromatic carbocycles. The van der Waals surface area contributed by atoms with Crippen LogP contribution < -0.4 is 0 Å². The Morgan fingerprint density at radius 2 is 1.26 bits per heavy atom. The molecule has 5 nitrogen and oxygen atoms in total. The number of aromatic nitrogens is 1. The van der Waals surface area contributed by atoms with Crippen LogP contribution in [0.5, 0.6) is 0 Å². The van der Waals surface area contributed by atoms with Crippen LogP contribution >= 0.6 is 0 Å². The summed E-state index contributed by atoms with van der Waals surface area (Å²) in [5.74, 6) is -2.45. The molecule has 1 aromatic heterocycles. The van der Waals surface area contributed by atoms with E-state index < -0.39 is 17.2 Å². The number of nitrogens with zero attached hydrogens (tertiary/aromatic N) is 5. The highest BCUT2D eigenvalue weighted by atomic mass is 19.2. The molecule has 0 bridgehead atoms. The predicted octanol–water partition coefficient (Wildman–Crippen LogP) is 5.46. The fourth-order valence-electron chi connectivity index (χ4n) is 4.57. The van der Waals surface area contributed by atoms with Crippen LogP contribution in [0.15, 0.2) is 71.4 Å². The van der Waals surface area contributed by atoms with Gasteiger partial charge in [0.15, 0.2) is 11.6 Å². The largest absolute Gasteiger partial charge is 0.256 e. The average Bonchev–Trinajstić information content (AvgIpc) is 3.37. The number of halogens is 2. The Hall–Kier alpha value is -5.37. The van der Waals surface area contributed by atoms with E-state index in [0.717, 1.165) is 11.6 Å². The third-order valence-corrected chi connectivity index (χ3v) is 5.84. The van der Waals surface area contributed by atoms with Gasteiger partial charge >= 0.3 is 0 Å². The molecule has 2 aliphatic rings. The van der Waals surface area contributed by atoms with Gasteiger partial charge in [-0.1, -0.05) is 36.4 Å². The lowest BCUT2D eigenvalue weighted by atomic mass is 9.88. The number of hydrogen-bond donors (Lipinski definition) is 0. The minimum atomic E-state index is -1.27. The van der Waals surface area contributed by atoms with Gasteiger partial charge in [-0.2, -0.15) is 21.0 Å². The molecule has 0 saturated carbocycles. The molecule has 3 aromatic rings. The van der Waals surface area contributed by atoms with E-state index in [9.17, 15) is 25.4 Å². The molecule has 0 unspecified atom stereocenters. The van der Waals surface area contributed by atoms with Gasteiger partial charge in [0, 0.05) is 45.2 Å². The molecular formula is C27H9F2N5. The van der Waals surface area contributed by atoms with Gasteiger partial charge in [-0.3, -0.25) is 4.98 Å². The minimum absolute atomic E-state index is 0.0402. The zero-order valence-corrected chi connectivity index (χ0v) is 17.2. The van der Waals surface area contributed by atoms with Crippen molar-refractivity contribution in [2.24, 2.45) is 0 Å². The molecule has 2 aliphatic carbocycles. The molecule has 0 spiro atoms. The first kappa shape index (κ1) is 20.5. The van der Waals surface area contributed by atoms with Gasteiger partial charge in [-0.05, 0) is 23.3 Å². The zero-order valence-electron chi connectivity index (χ0n) is 17.2. The lowest BCUT2D eigenvalue weighted by molar-refractivity contribution is 0.506. The second-order valence-corrected chi connectivity index (χ2v) is 7.43. The van der Waals surface area contributed by atoms with Crippen LogP contribution in [0.3, 0.4) is 0 Å². The first-order valence-corrected chi connectivity index (χ1v) is 9.95. The van der Waals surface area contributed by atoms with Crippen molar-refractivity contribution in [2.75, 3.05) is 0 Å². The normalized spacial score (nSPS) is 14.8. The summed E-state index contributed by atoms with van der Waals surface area (Å²) in [7, 11) is 0. The van der Waals surface area contributed by atoms with E-state index in [4.69, 9.17) is 0 Å². The minimum Gasteiger partial charge on any atom is -0.256 e. The summed E-state index contributed by atoms with van der Waals surface area (Å²) in [6.07, 6.45) is 1.61. The van der Waals surface area contributed by atoms with Crippen molar-refractivity contribution in [1.82, 2.24) is 4.98 Å². The van der Waals surface area contributed by atoms with Crippen molar-refractivity contribution in [3.8, 4) is 35.5 Å². The smallest absolute Gasteiger partial charge is 0.167 e. The monoisotopic (exact) mass is 441 g/mol. The van der Waals surface area contributed by atoms with E-state index in [1.165, 1.54) is 6.07 Å². The highest BCUT2D eigenvalue weighted by molar-refractivity contribution is 6.21. The molecule has 156 valence electrons. The van der Waals surface area contributed by atoms with Gasteiger partial charge in [0.2, 0.25) is 0 Å². The Kier molecular flexibility index (Phi) is 4.62. The standard InChI is InChI=1S/C27H9F2N5/c28-20-8-7-18-21(14(10-30)11-31)25(22(15(12-32)13-33)24(18)26(20)29)23-16-4-1-2-5-17(16)27-19(23)6-3-9-34-27/h1-9H/b25-23-. The van der Waals surface area contributed by atoms with E-state index in [2.05, 4.69) is 4.98 Å². The Bertz CT molecular complexity index is 1630. The van der Waals surface area contributed by atoms with Crippen LogP contribution in [0, 0.1) is 57.0 Å². The molecule has 0 N–H and O–H groups in total. The number of nitriles is 4. The van der Waals surface area contributed by atoms with E-state index >= 15 is 4.39 Å². The molecule has 0 radical (unpaired) electrons. The summed E-state index contributed by atoms with van der Waals surface area (Å²) in [5.41, 5.74) is 2.09. The number of allylic oxidation sites excluding steroid dienone is 5. The van der Waals surface area contributed by atoms with Gasteiger partial charge in [-0.15, -0.1) is 0 Å². The Labute approximate surface area is 192 Å². The van der Waals surface area contributed by atoms with E-state index in [0.29, 0.717) is 22.4 Å². The summed E-state index contributed by atoms with van der Waals surface area (Å²) >= 11 is 0. The maximum Gasteiger partial charge on any atom is 0.167 e. The number of benzene rings is 2. The van der Waals surface area contributed by atoms with Crippen LogP contribution in [0.1, 0.15) is 22.3 Å². The second-order valence-electron chi connectivity index (χ2n) is 7.43. The Morgan fingerprint density at radius 3 is 1.94 bits per heavy atom. The molecule has 34 heavy (non-hydrogen) atoms. The van der Waals surface area contributed by atoms with Crippen molar-refractivity contribution in [3.63, 3.8) is 0 Å². The maximum absolute atomic E-state index is 15.2. The van der Waals surface area contributed by atoms with Crippen LogP contribution in [0.4, 0.5) is 8.78 Å². The van der Waals surface area contributed by atoms with Crippen molar-refractivity contribution in [3.05, 3.63) is 105 Å². The zero-order chi connectivity index (χ0) is 24.0. The van der Waals surface area contributed by atoms with E-state index in [-0.39, 0.29) is 33.4 Å². The van der Waals surface area contributed by atoms with Gasteiger partial charge in [0.25, 0.3) is 0 Å². The quantitative estimate of drug-likeness (QED) is 0.337. The Balaban J connectivity index is 2.11. The molecular weight excluding hydrogens is 432 g/mol. The lowest BCUT2D eigenvalue weighted by Gasteiger charge is -2.12. The van der Waals surface area contributed by atoms with E-state index in [1.807, 2.05) is 24.3 Å². The van der Waals surface area contributed by atoms with Crippen LogP contribution in [0.2, 0.25) is 0 Å². The van der Waals surface area contributed by atoms with Crippen LogP contribution in [-0.4, -0.2) is 4.98 Å². The van der Waals surface area contributed by atoms with Gasteiger partial charge < -0.3 is 0 Å². The van der Waals surface area contributed by atoms with Gasteiger partial charge in [-0.25, -0.2) is 8.78 Å². The number of fused-ring (bicyclic) bond motifs is 4. The fourth-order valence-corrected chi connectivity index (χ4v) is 4.57. The van der Waals surface area contributed by atoms with Gasteiger partial charge in [0.05, 0.1) is 5.69 Å². The highest BCUT2D eigenvalue weighted by Crippen LogP contribution is 2.56. The summed E-state index contributed by atoms with van der Waals surface area (Å²) < 4.78 is 29.6. The topological polar surface area (TPSA) is 108 Å². The molecule has 5 rings (SSSR count). The van der Waals surface area contributed by atoms with Gasteiger partial charge in [0.1, 0.15) is 35.4 Å². The molecule has 0 amide bonds. The van der Waals surface area contributed by atoms with Crippen LogP contribution in [-0.2, 0) is 0 Å². The van der Waals surface area contributed by atoms with E-state index in [1.54, 1.807) is 42.6 Å². The first-order chi connectivity index (χ1) is 16.6. The maximum atomic E-state index is 15.2. The summed E-state index contributed by atoms with van der Waals surface area (Å²) in [6, 6.07) is 20.1. The number of hydrogen-bond acceptors (Lipinski definition) is 5. The molecule has 1 heterocycles. The third kappa shape index (κ3) is 2.63.